The van der Waals surface area contributed by atoms with Crippen LogP contribution < -0.4 is 5.73 Å². The molecule has 124 valence electrons. The van der Waals surface area contributed by atoms with E-state index in [-0.39, 0.29) is 0 Å². The summed E-state index contributed by atoms with van der Waals surface area (Å²) in [5.74, 6) is 0. The summed E-state index contributed by atoms with van der Waals surface area (Å²) in [6, 6.07) is 0. The summed E-state index contributed by atoms with van der Waals surface area (Å²) in [5.41, 5.74) is 11.6. The van der Waals surface area contributed by atoms with Gasteiger partial charge in [-0.25, -0.2) is 0 Å². The first-order valence-corrected chi connectivity index (χ1v) is 8.48. The Balaban J connectivity index is 5.44. The van der Waals surface area contributed by atoms with Crippen LogP contribution in [0.2, 0.25) is 0 Å². The van der Waals surface area contributed by atoms with Crippen LogP contribution in [0.15, 0.2) is 58.5 Å². The summed E-state index contributed by atoms with van der Waals surface area (Å²) in [6.07, 6.45) is 8.99. The fourth-order valence-electron chi connectivity index (χ4n) is 2.22. The van der Waals surface area contributed by atoms with Gasteiger partial charge in [-0.2, -0.15) is 12.6 Å². The third-order valence-electron chi connectivity index (χ3n) is 3.65. The second-order valence-corrected chi connectivity index (χ2v) is 5.81. The number of thiol groups is 1. The fourth-order valence-corrected chi connectivity index (χ4v) is 2.44. The molecule has 0 aliphatic carbocycles. The van der Waals surface area contributed by atoms with Crippen LogP contribution >= 0.6 is 12.6 Å². The smallest absolute Gasteiger partial charge is 0.0365 e. The van der Waals surface area contributed by atoms with E-state index in [9.17, 15) is 0 Å². The Morgan fingerprint density at radius 1 is 1.14 bits per heavy atom. The van der Waals surface area contributed by atoms with Gasteiger partial charge in [0.15, 0.2) is 0 Å². The van der Waals surface area contributed by atoms with E-state index in [2.05, 4.69) is 64.8 Å². The average molecular weight is 321 g/mol. The zero-order valence-corrected chi connectivity index (χ0v) is 15.7. The van der Waals surface area contributed by atoms with Crippen LogP contribution in [0.3, 0.4) is 0 Å². The molecule has 0 fully saturated rings. The standard InChI is InChI=1S/C19H32N2S/c1-7-9-19(14-20)21(11-8-2)18(6)17(5)13-16(4)15(3)10-12-22/h10,12-14,22H,6-9,11,20H2,1-5H3/b12-10-,16-15+,17-13+,19-14-. The minimum atomic E-state index is 0.936. The third kappa shape index (κ3) is 6.61. The molecule has 3 heteroatoms. The lowest BCUT2D eigenvalue weighted by atomic mass is 10.1. The molecule has 0 atom stereocenters. The van der Waals surface area contributed by atoms with Crippen LogP contribution in [0.25, 0.3) is 0 Å². The normalized spacial score (nSPS) is 14.3. The number of hydrogen-bond acceptors (Lipinski definition) is 3. The molecule has 0 aromatic heterocycles. The Morgan fingerprint density at radius 3 is 2.23 bits per heavy atom. The molecule has 0 amide bonds. The minimum Gasteiger partial charge on any atom is -0.403 e. The van der Waals surface area contributed by atoms with Crippen LogP contribution in [-0.2, 0) is 0 Å². The van der Waals surface area contributed by atoms with Crippen molar-refractivity contribution in [2.75, 3.05) is 6.54 Å². The molecule has 2 N–H and O–H groups in total. The average Bonchev–Trinajstić information content (AvgIpc) is 2.50. The van der Waals surface area contributed by atoms with Gasteiger partial charge < -0.3 is 10.6 Å². The highest BCUT2D eigenvalue weighted by molar-refractivity contribution is 7.83. The van der Waals surface area contributed by atoms with Crippen molar-refractivity contribution in [1.29, 1.82) is 0 Å². The van der Waals surface area contributed by atoms with Gasteiger partial charge in [-0.3, -0.25) is 0 Å². The van der Waals surface area contributed by atoms with E-state index in [1.807, 2.05) is 6.08 Å². The highest BCUT2D eigenvalue weighted by Gasteiger charge is 2.13. The fraction of sp³-hybridized carbons (Fsp3) is 0.474. The molecule has 2 nitrogen and oxygen atoms in total. The van der Waals surface area contributed by atoms with Crippen molar-refractivity contribution in [3.05, 3.63) is 58.5 Å². The van der Waals surface area contributed by atoms with Crippen molar-refractivity contribution in [2.45, 2.75) is 53.9 Å². The van der Waals surface area contributed by atoms with Crippen molar-refractivity contribution < 1.29 is 0 Å². The van der Waals surface area contributed by atoms with E-state index < -0.39 is 0 Å². The van der Waals surface area contributed by atoms with Crippen LogP contribution in [0.5, 0.6) is 0 Å². The molecule has 0 rings (SSSR count). The SMILES string of the molecule is C=C(/C(C)=C/C(C)=C(C)/C=C\S)N(CCC)/C(=C\N)CCC. The summed E-state index contributed by atoms with van der Waals surface area (Å²) in [5, 5.41) is 1.76. The highest BCUT2D eigenvalue weighted by atomic mass is 32.1. The van der Waals surface area contributed by atoms with Gasteiger partial charge in [-0.15, -0.1) is 0 Å². The first kappa shape index (κ1) is 20.6. The summed E-state index contributed by atoms with van der Waals surface area (Å²) in [4.78, 5) is 2.24. The van der Waals surface area contributed by atoms with E-state index in [1.165, 1.54) is 11.1 Å². The number of nitrogens with zero attached hydrogens (tertiary/aromatic N) is 1. The molecule has 0 aliphatic rings. The summed E-state index contributed by atoms with van der Waals surface area (Å²) >= 11 is 4.13. The predicted octanol–water partition coefficient (Wildman–Crippen LogP) is 5.54. The van der Waals surface area contributed by atoms with Gasteiger partial charge in [0, 0.05) is 24.1 Å². The van der Waals surface area contributed by atoms with Crippen molar-refractivity contribution in [2.24, 2.45) is 5.73 Å². The van der Waals surface area contributed by atoms with Gasteiger partial charge in [0.25, 0.3) is 0 Å². The number of allylic oxidation sites excluding steroid dienone is 6. The van der Waals surface area contributed by atoms with Gasteiger partial charge in [-0.1, -0.05) is 39.0 Å². The Kier molecular flexibility index (Phi) is 10.6. The third-order valence-corrected chi connectivity index (χ3v) is 3.80. The molecule has 0 radical (unpaired) electrons. The molecule has 0 heterocycles. The van der Waals surface area contributed by atoms with Gasteiger partial charge >= 0.3 is 0 Å². The maximum atomic E-state index is 5.83. The van der Waals surface area contributed by atoms with Gasteiger partial charge in [0.1, 0.15) is 0 Å². The second kappa shape index (κ2) is 11.2. The molecular formula is C19H32N2S. The lowest BCUT2D eigenvalue weighted by Gasteiger charge is -2.29. The maximum absolute atomic E-state index is 5.83. The van der Waals surface area contributed by atoms with E-state index in [1.54, 1.807) is 11.6 Å². The van der Waals surface area contributed by atoms with Crippen molar-refractivity contribution >= 4 is 12.6 Å². The molecule has 0 bridgehead atoms. The number of hydrogen-bond donors (Lipinski definition) is 2. The lowest BCUT2D eigenvalue weighted by Crippen LogP contribution is -2.24. The Labute approximate surface area is 142 Å². The Hall–Kier alpha value is -1.35. The quantitative estimate of drug-likeness (QED) is 0.431. The zero-order chi connectivity index (χ0) is 17.1. The molecule has 0 aromatic carbocycles. The van der Waals surface area contributed by atoms with Gasteiger partial charge in [0.2, 0.25) is 0 Å². The first-order chi connectivity index (χ1) is 10.4. The molecular weight excluding hydrogens is 288 g/mol. The summed E-state index contributed by atoms with van der Waals surface area (Å²) < 4.78 is 0. The zero-order valence-electron chi connectivity index (χ0n) is 14.8. The molecule has 0 aromatic rings. The number of nitrogens with two attached hydrogens (primary N) is 1. The molecule has 0 saturated carbocycles. The Bertz CT molecular complexity index is 482. The van der Waals surface area contributed by atoms with E-state index in [0.717, 1.165) is 42.8 Å². The molecule has 0 unspecified atom stereocenters. The monoisotopic (exact) mass is 320 g/mol. The van der Waals surface area contributed by atoms with Crippen LogP contribution in [-0.4, -0.2) is 11.4 Å². The maximum Gasteiger partial charge on any atom is 0.0365 e. The van der Waals surface area contributed by atoms with Crippen molar-refractivity contribution in [3.63, 3.8) is 0 Å². The molecule has 22 heavy (non-hydrogen) atoms. The van der Waals surface area contributed by atoms with Crippen molar-refractivity contribution in [3.8, 4) is 0 Å². The second-order valence-electron chi connectivity index (χ2n) is 5.52. The Morgan fingerprint density at radius 2 is 1.77 bits per heavy atom. The van der Waals surface area contributed by atoms with Crippen LogP contribution in [0, 0.1) is 0 Å². The first-order valence-electron chi connectivity index (χ1n) is 7.96. The van der Waals surface area contributed by atoms with E-state index in [4.69, 9.17) is 5.73 Å². The predicted molar refractivity (Wildman–Crippen MR) is 104 cm³/mol. The van der Waals surface area contributed by atoms with Crippen LogP contribution in [0.1, 0.15) is 53.9 Å². The van der Waals surface area contributed by atoms with Gasteiger partial charge in [0.05, 0.1) is 0 Å². The van der Waals surface area contributed by atoms with E-state index in [0.29, 0.717) is 0 Å². The molecule has 0 spiro atoms. The van der Waals surface area contributed by atoms with E-state index >= 15 is 0 Å². The molecule has 0 aliphatic heterocycles. The van der Waals surface area contributed by atoms with Gasteiger partial charge in [-0.05, 0) is 55.7 Å². The van der Waals surface area contributed by atoms with Crippen LogP contribution in [0.4, 0.5) is 0 Å². The highest BCUT2D eigenvalue weighted by Crippen LogP contribution is 2.23. The molecule has 0 saturated heterocycles. The van der Waals surface area contributed by atoms with Crippen molar-refractivity contribution in [1.82, 2.24) is 4.90 Å². The minimum absolute atomic E-state index is 0.936. The summed E-state index contributed by atoms with van der Waals surface area (Å²) in [6.45, 7) is 15.9. The lowest BCUT2D eigenvalue weighted by molar-refractivity contribution is 0.414. The number of rotatable bonds is 9. The topological polar surface area (TPSA) is 29.3 Å². The summed E-state index contributed by atoms with van der Waals surface area (Å²) in [7, 11) is 0. The largest absolute Gasteiger partial charge is 0.403 e.